The molecule has 0 spiro atoms. The SMILES string of the molecule is CC(=O)[C@@H]1CCCCCC(=O)CC[C@H](C)C(=O)N2C[C@H](O)C[C@H]2C(=O)N[C@H](Cc2ccccc2)C(=O)N[C@@H](CCCN=C(N)N)C(=O)N[C@@H](Cc2c[nH]c3ccccc23)C(=O)N1.CCCC[C@H](NC(=O)[C@H](CN)NC(=O)[C@H](CC1=CCC=N1)NC(=O)[C@H](CCC(N)=O)NC(=O)[C@H](CO)NC(=O)CNC(=O)CCCS(=O)(=O)CC(=O)CCCCCCCCCCCCCCCc1nn[nH]n1)C(=O)NC. The van der Waals surface area contributed by atoms with E-state index in [-0.39, 0.29) is 132 Å². The normalized spacial score (nSPS) is 19.2. The number of aliphatic imine (C=N–C) groups is 2. The average molecular weight is 1950 g/mol. The minimum Gasteiger partial charge on any atom is -0.394 e. The standard InChI is InChI=1S/C49H84N14O12S.C45H61N9O8/c1-3-4-22-36(45(69)52-2)56-48(72)39(30-50)59-47(71)38(29-34-20-18-27-53-34)58-46(70)37(25-26-41(51)66)57-49(73)40(32-64)55-44(68)31-54-43(67)24-19-28-76(74,75)33-35(65)21-16-14-12-10-8-6-5-7-9-11-13-15-17-23-42-60-62-63-61-42;1-27-19-20-31(56)14-7-4-8-16-34(28(2)55)50-42(60)38(23-30-25-49-35-17-10-9-15-33(30)35)52-40(58)36(18-11-21-48-45(46)47)51-41(59)37(22-29-12-5-3-6-13-29)53-43(61)39-24-32(57)26-54(39)44(27)62/h20,27,36-40,64H,3-19,21-26,28-33,50H2,1-2H3,(H2,51,66)(H,52,69)(H,54,67)(H,55,68)(H,56,72)(H,57,73)(H,58,70)(H,59,71)(H,60,61,62,63);3,5-6,9-10,12-13,15,17,25,27,32,34,36-39,49,57H,4,7-8,11,14,16,18-24,26H2,1-2H3,(H,50,60)(H,51,59)(H,52,58)(H,53,61)(H4,46,47,48)/t36-,37-,38-,39-,40-;27-,32+,34-,36-,37+,38-,39-/m00/s1. The van der Waals surface area contributed by atoms with Gasteiger partial charge in [-0.25, -0.2) is 8.42 Å². The van der Waals surface area contributed by atoms with Crippen molar-refractivity contribution in [1.29, 1.82) is 0 Å². The van der Waals surface area contributed by atoms with E-state index in [4.69, 9.17) is 22.9 Å². The van der Waals surface area contributed by atoms with Gasteiger partial charge < -0.3 is 102 Å². The quantitative estimate of drug-likeness (QED) is 0.0166. The van der Waals surface area contributed by atoms with E-state index in [0.717, 1.165) is 73.7 Å². The second kappa shape index (κ2) is 62.5. The zero-order valence-corrected chi connectivity index (χ0v) is 80.7. The number of aromatic amines is 2. The molecule has 2 saturated heterocycles. The highest BCUT2D eigenvalue weighted by atomic mass is 32.2. The van der Waals surface area contributed by atoms with Crippen LogP contribution in [0.4, 0.5) is 0 Å². The molecule has 4 aromatic rings. The van der Waals surface area contributed by atoms with Crippen molar-refractivity contribution >= 4 is 127 Å². The van der Waals surface area contributed by atoms with Gasteiger partial charge in [0.15, 0.2) is 27.4 Å². The number of primary amides is 1. The number of likely N-dealkylation sites (N-methyl/N-ethyl adjacent to an activating group) is 1. The number of sulfone groups is 1. The number of allylic oxidation sites excluding steroid dienone is 1. The fourth-order valence-electron chi connectivity index (χ4n) is 16.2. The number of ketones is 3. The molecule has 0 bridgehead atoms. The van der Waals surface area contributed by atoms with Gasteiger partial charge in [-0.05, 0) is 88.3 Å². The van der Waals surface area contributed by atoms with Gasteiger partial charge >= 0.3 is 0 Å². The molecule has 0 radical (unpaired) electrons. The van der Waals surface area contributed by atoms with Crippen LogP contribution in [0.25, 0.3) is 10.9 Å². The number of carbonyl (C=O) groups is 16. The highest BCUT2D eigenvalue weighted by Crippen LogP contribution is 2.26. The summed E-state index contributed by atoms with van der Waals surface area (Å²) in [6.07, 6.45) is 22.9. The minimum atomic E-state index is -3.78. The monoisotopic (exact) mass is 1950 g/mol. The van der Waals surface area contributed by atoms with Crippen LogP contribution >= 0.6 is 0 Å². The molecular formula is C94H145N23O20S. The molecule has 12 atom stereocenters. The van der Waals surface area contributed by atoms with E-state index < -0.39 is 184 Å². The molecular weight excluding hydrogens is 1800 g/mol. The Bertz CT molecular complexity index is 4840. The maximum atomic E-state index is 14.4. The Morgan fingerprint density at radius 3 is 1.88 bits per heavy atom. The van der Waals surface area contributed by atoms with Crippen molar-refractivity contribution in [1.82, 2.24) is 89.0 Å². The summed E-state index contributed by atoms with van der Waals surface area (Å²) in [5.41, 5.74) is 25.0. The number of unbranched alkanes of at least 4 members (excludes halogenated alkanes) is 13. The van der Waals surface area contributed by atoms with Crippen LogP contribution in [0.5, 0.6) is 0 Å². The van der Waals surface area contributed by atoms with E-state index in [9.17, 15) is 95.3 Å². The number of aliphatic hydroxyl groups is 2. The van der Waals surface area contributed by atoms with Crippen molar-refractivity contribution < 1.29 is 95.3 Å². The summed E-state index contributed by atoms with van der Waals surface area (Å²) >= 11 is 0. The average Bonchev–Trinajstić information content (AvgIpc) is 1.66. The zero-order chi connectivity index (χ0) is 101. The van der Waals surface area contributed by atoms with Crippen LogP contribution in [0.2, 0.25) is 0 Å². The molecule has 44 heteroatoms. The number of para-hydroxylation sites is 1. The maximum Gasteiger partial charge on any atom is 0.245 e. The zero-order valence-electron chi connectivity index (χ0n) is 79.9. The fraction of sp³-hybridized carbons (Fsp3) is 0.628. The van der Waals surface area contributed by atoms with Gasteiger partial charge in [0.05, 0.1) is 31.1 Å². The number of hydrogen-bond acceptors (Lipinski definition) is 26. The molecule has 3 aliphatic heterocycles. The third kappa shape index (κ3) is 43.2. The smallest absolute Gasteiger partial charge is 0.245 e. The van der Waals surface area contributed by atoms with Gasteiger partial charge in [0.25, 0.3) is 0 Å². The van der Waals surface area contributed by atoms with Crippen LogP contribution in [0.15, 0.2) is 82.6 Å². The summed E-state index contributed by atoms with van der Waals surface area (Å²) in [4.78, 5) is 225. The van der Waals surface area contributed by atoms with Crippen LogP contribution in [0.3, 0.4) is 0 Å². The van der Waals surface area contributed by atoms with Crippen molar-refractivity contribution in [3.8, 4) is 0 Å². The number of hydrogen-bond donors (Lipinski definition) is 19. The number of nitrogens with two attached hydrogens (primary N) is 4. The molecule has 762 valence electrons. The Morgan fingerprint density at radius 2 is 1.24 bits per heavy atom. The number of Topliss-reactive ketones (excluding diaryl/α,β-unsaturated/α-hetero) is 3. The van der Waals surface area contributed by atoms with Gasteiger partial charge in [-0.3, -0.25) is 86.7 Å². The number of nitrogens with zero attached hydrogens (tertiary/aromatic N) is 6. The molecule has 0 unspecified atom stereocenters. The maximum absolute atomic E-state index is 14.4. The molecule has 0 aliphatic carbocycles. The molecule has 2 fully saturated rings. The number of benzene rings is 2. The van der Waals surface area contributed by atoms with Crippen LogP contribution in [0, 0.1) is 5.92 Å². The van der Waals surface area contributed by atoms with Gasteiger partial charge in [-0.15, -0.1) is 10.2 Å². The van der Waals surface area contributed by atoms with Gasteiger partial charge in [0, 0.05) is 132 Å². The molecule has 3 aliphatic rings. The lowest BCUT2D eigenvalue weighted by Gasteiger charge is -2.29. The number of amides is 13. The Balaban J connectivity index is 0.000000431. The number of rotatable bonds is 53. The third-order valence-electron chi connectivity index (χ3n) is 24.1. The second-order valence-corrected chi connectivity index (χ2v) is 37.6. The van der Waals surface area contributed by atoms with Gasteiger partial charge in [-0.1, -0.05) is 170 Å². The van der Waals surface area contributed by atoms with Gasteiger partial charge in [0.2, 0.25) is 76.8 Å². The number of nitrogens with one attached hydrogen (secondary N) is 13. The number of aryl methyl sites for hydroxylation is 1. The number of tetrazole rings is 1. The van der Waals surface area contributed by atoms with Crippen LogP contribution < -0.4 is 81.4 Å². The predicted molar refractivity (Wildman–Crippen MR) is 515 cm³/mol. The highest BCUT2D eigenvalue weighted by molar-refractivity contribution is 7.92. The number of guanidine groups is 1. The van der Waals surface area contributed by atoms with Crippen molar-refractivity contribution in [3.05, 3.63) is 89.5 Å². The summed E-state index contributed by atoms with van der Waals surface area (Å²) < 4.78 is 25.2. The molecule has 5 heterocycles. The van der Waals surface area contributed by atoms with E-state index in [1.165, 1.54) is 57.4 Å². The Labute approximate surface area is 805 Å². The predicted octanol–water partition coefficient (Wildman–Crippen LogP) is 0.855. The van der Waals surface area contributed by atoms with E-state index in [1.54, 1.807) is 55.7 Å². The second-order valence-electron chi connectivity index (χ2n) is 35.5. The lowest BCUT2D eigenvalue weighted by molar-refractivity contribution is -0.142. The van der Waals surface area contributed by atoms with Crippen LogP contribution in [-0.4, -0.2) is 273 Å². The topological polar surface area (TPSA) is 682 Å². The van der Waals surface area contributed by atoms with E-state index in [0.29, 0.717) is 62.6 Å². The summed E-state index contributed by atoms with van der Waals surface area (Å²) in [6, 6.07) is 3.93. The summed E-state index contributed by atoms with van der Waals surface area (Å²) in [5, 5.41) is 63.7. The number of H-pyrrole nitrogens is 2. The van der Waals surface area contributed by atoms with E-state index in [2.05, 4.69) is 94.1 Å². The molecule has 43 nitrogen and oxygen atoms in total. The van der Waals surface area contributed by atoms with Crippen molar-refractivity contribution in [2.75, 3.05) is 51.3 Å². The first-order chi connectivity index (χ1) is 66.1. The minimum absolute atomic E-state index is 0.0144. The molecule has 2 aromatic carbocycles. The third-order valence-corrected chi connectivity index (χ3v) is 25.7. The first-order valence-electron chi connectivity index (χ1n) is 48.2. The Kier molecular flexibility index (Phi) is 51.8. The molecule has 13 amide bonds. The summed E-state index contributed by atoms with van der Waals surface area (Å²) in [6.45, 7) is 3.00. The number of carbonyl (C=O) groups excluding carboxylic acids is 16. The first-order valence-corrected chi connectivity index (χ1v) is 50.0. The highest BCUT2D eigenvalue weighted by Gasteiger charge is 2.43. The molecule has 7 rings (SSSR count). The number of fused-ring (bicyclic) bond motifs is 2. The van der Waals surface area contributed by atoms with Crippen molar-refractivity contribution in [3.63, 3.8) is 0 Å². The Morgan fingerprint density at radius 1 is 0.630 bits per heavy atom. The number of aromatic nitrogens is 5. The largest absolute Gasteiger partial charge is 0.394 e. The van der Waals surface area contributed by atoms with Gasteiger partial charge in [-0.2, -0.15) is 5.21 Å². The molecule has 23 N–H and O–H groups in total. The first kappa shape index (κ1) is 114. The van der Waals surface area contributed by atoms with E-state index >= 15 is 0 Å². The molecule has 0 saturated carbocycles. The van der Waals surface area contributed by atoms with Crippen molar-refractivity contribution in [2.45, 2.75) is 318 Å². The molecule has 2 aromatic heterocycles. The van der Waals surface area contributed by atoms with Gasteiger partial charge in [0.1, 0.15) is 71.7 Å². The summed E-state index contributed by atoms with van der Waals surface area (Å²) in [7, 11) is -2.36. The number of aliphatic hydroxyl groups excluding tert-OH is 2. The molecule has 138 heavy (non-hydrogen) atoms. The lowest BCUT2D eigenvalue weighted by Crippen LogP contribution is -2.60. The van der Waals surface area contributed by atoms with E-state index in [1.807, 2.05) is 31.2 Å². The summed E-state index contributed by atoms with van der Waals surface area (Å²) in [5.74, 6) is -11.4. The van der Waals surface area contributed by atoms with Crippen LogP contribution in [-0.2, 0) is 106 Å². The lowest BCUT2D eigenvalue weighted by atomic mass is 9.98. The van der Waals surface area contributed by atoms with Crippen LogP contribution in [0.1, 0.15) is 250 Å². The Hall–Kier alpha value is -12.3. The fourth-order valence-corrected chi connectivity index (χ4v) is 17.5. The van der Waals surface area contributed by atoms with Crippen molar-refractivity contribution in [2.24, 2.45) is 38.8 Å².